The Kier molecular flexibility index (Phi) is 15.7. The summed E-state index contributed by atoms with van der Waals surface area (Å²) in [6, 6.07) is 8.72. The number of ether oxygens (including phenoxy) is 2. The van der Waals surface area contributed by atoms with E-state index in [1.807, 2.05) is 47.7 Å². The number of allylic oxidation sites excluding steroid dienone is 1. The van der Waals surface area contributed by atoms with Crippen molar-refractivity contribution in [3.8, 4) is 5.88 Å². The van der Waals surface area contributed by atoms with Crippen LogP contribution in [-0.4, -0.2) is 96.7 Å². The van der Waals surface area contributed by atoms with E-state index in [0.717, 1.165) is 68.3 Å². The Labute approximate surface area is 307 Å². The number of piperazine rings is 1. The highest BCUT2D eigenvalue weighted by atomic mass is 17.1. The predicted molar refractivity (Wildman–Crippen MR) is 211 cm³/mol. The number of piperidine rings is 1. The number of anilines is 3. The summed E-state index contributed by atoms with van der Waals surface area (Å²) in [5.41, 5.74) is 6.33. The van der Waals surface area contributed by atoms with Gasteiger partial charge < -0.3 is 25.0 Å². The molecule has 12 nitrogen and oxygen atoms in total. The van der Waals surface area contributed by atoms with E-state index in [9.17, 15) is 4.79 Å². The van der Waals surface area contributed by atoms with Crippen LogP contribution in [0.2, 0.25) is 0 Å². The first-order valence-corrected chi connectivity index (χ1v) is 18.4. The number of hydrogen-bond acceptors (Lipinski definition) is 11. The molecule has 0 bridgehead atoms. The van der Waals surface area contributed by atoms with Crippen LogP contribution < -0.4 is 25.2 Å². The fourth-order valence-corrected chi connectivity index (χ4v) is 5.89. The molecule has 2 saturated heterocycles. The first-order valence-electron chi connectivity index (χ1n) is 18.4. The van der Waals surface area contributed by atoms with E-state index in [1.165, 1.54) is 11.1 Å². The minimum Gasteiger partial charge on any atom is -0.474 e. The van der Waals surface area contributed by atoms with Gasteiger partial charge in [-0.2, -0.15) is 0 Å². The van der Waals surface area contributed by atoms with E-state index in [0.29, 0.717) is 31.3 Å². The highest BCUT2D eigenvalue weighted by molar-refractivity contribution is 6.04. The average Bonchev–Trinajstić information content (AvgIpc) is 3.09. The van der Waals surface area contributed by atoms with Crippen molar-refractivity contribution in [2.24, 2.45) is 4.99 Å². The Hall–Kier alpha value is -3.71. The third-order valence-electron chi connectivity index (χ3n) is 8.30. The lowest BCUT2D eigenvalue weighted by atomic mass is 10.00. The van der Waals surface area contributed by atoms with Gasteiger partial charge in [-0.1, -0.05) is 32.1 Å². The molecule has 0 radical (unpaired) electrons. The normalized spacial score (nSPS) is 18.8. The zero-order valence-electron chi connectivity index (χ0n) is 32.9. The molecule has 286 valence electrons. The Bertz CT molecular complexity index is 1470. The summed E-state index contributed by atoms with van der Waals surface area (Å²) in [4.78, 5) is 33.2. The molecule has 3 N–H and O–H groups in total. The van der Waals surface area contributed by atoms with E-state index in [2.05, 4.69) is 74.5 Å². The molecule has 1 aromatic carbocycles. The van der Waals surface area contributed by atoms with Crippen LogP contribution in [-0.2, 0) is 16.2 Å². The van der Waals surface area contributed by atoms with Crippen LogP contribution >= 0.6 is 0 Å². The number of carbonyl (C=O) groups is 1. The van der Waals surface area contributed by atoms with Gasteiger partial charge in [0.05, 0.1) is 36.3 Å². The van der Waals surface area contributed by atoms with Gasteiger partial charge in [-0.05, 0) is 92.0 Å². The summed E-state index contributed by atoms with van der Waals surface area (Å²) in [6.45, 7) is 28.7. The van der Waals surface area contributed by atoms with Crippen molar-refractivity contribution < 1.29 is 25.8 Å². The third kappa shape index (κ3) is 12.8. The third-order valence-corrected chi connectivity index (χ3v) is 8.30. The Morgan fingerprint density at radius 3 is 2.33 bits per heavy atom. The maximum atomic E-state index is 13.1. The number of aliphatic imine (C=N–C) groups is 1. The molecule has 0 saturated carbocycles. The van der Waals surface area contributed by atoms with Gasteiger partial charge in [-0.25, -0.2) is 14.7 Å². The number of hydrogen-bond donors (Lipinski definition) is 3. The van der Waals surface area contributed by atoms with Crippen molar-refractivity contribution in [1.82, 2.24) is 15.2 Å². The molecule has 51 heavy (non-hydrogen) atoms. The topological polar surface area (TPSA) is 124 Å². The highest BCUT2D eigenvalue weighted by Crippen LogP contribution is 2.39. The molecule has 4 heterocycles. The first kappa shape index (κ1) is 41.7. The van der Waals surface area contributed by atoms with E-state index in [1.54, 1.807) is 25.7 Å². The summed E-state index contributed by atoms with van der Waals surface area (Å²) >= 11 is 0. The molecular weight excluding hydrogens is 646 g/mol. The van der Waals surface area contributed by atoms with Gasteiger partial charge in [-0.3, -0.25) is 20.0 Å². The fourth-order valence-electron chi connectivity index (χ4n) is 5.89. The Morgan fingerprint density at radius 2 is 1.75 bits per heavy atom. The molecule has 2 aromatic rings. The maximum Gasteiger partial charge on any atom is 0.415 e. The zero-order valence-corrected chi connectivity index (χ0v) is 32.9. The molecule has 3 aliphatic heterocycles. The number of amides is 1. The minimum absolute atomic E-state index is 0. The van der Waals surface area contributed by atoms with Crippen molar-refractivity contribution >= 4 is 28.9 Å². The highest BCUT2D eigenvalue weighted by Gasteiger charge is 2.33. The van der Waals surface area contributed by atoms with Gasteiger partial charge in [0, 0.05) is 51.9 Å². The number of pyridine rings is 1. The molecule has 1 atom stereocenters. The van der Waals surface area contributed by atoms with Crippen molar-refractivity contribution in [2.45, 2.75) is 106 Å². The number of benzene rings is 1. The molecule has 5 rings (SSSR count). The molecule has 1 amide bonds. The van der Waals surface area contributed by atoms with Crippen LogP contribution in [0.3, 0.4) is 0 Å². The lowest BCUT2D eigenvalue weighted by Crippen LogP contribution is -2.43. The van der Waals surface area contributed by atoms with E-state index < -0.39 is 11.2 Å². The number of fused-ring (bicyclic) bond motifs is 1. The Balaban J connectivity index is 0.000000945. The van der Waals surface area contributed by atoms with Crippen molar-refractivity contribution in [1.29, 1.82) is 0 Å². The SMILES string of the molecule is C/C=C1/CCN(c2cnc3c(c2C)N(C(=O)OC(C)(C)C)CCO3)C/C1=N/C(C)Nc1ccc(CN2CCNCC2)cc1.CC.CC(C)(C)OO.[HH]. The standard InChI is InChI=1S/C33H47N7O3.C4H10O2.C2H6.H2/c1-7-26-12-15-39(29-20-35-31-30(23(29)2)40(18-19-42-31)32(41)43-33(4,5)6)22-28(26)37-24(3)36-27-10-8-25(9-11-27)21-38-16-13-34-14-17-38;1-4(2,3)6-5;1-2;/h7-11,20,24,34,36H,12-19,21-22H2,1-6H3;5H,1-3H3;1-2H3;1H/b26-7-,37-28-;;;. The molecule has 0 spiro atoms. The average molecular weight is 712 g/mol. The predicted octanol–water partition coefficient (Wildman–Crippen LogP) is 7.53. The molecule has 0 aliphatic carbocycles. The summed E-state index contributed by atoms with van der Waals surface area (Å²) in [7, 11) is 0. The lowest BCUT2D eigenvalue weighted by Gasteiger charge is -2.36. The molecule has 1 unspecified atom stereocenters. The number of carbonyl (C=O) groups excluding carboxylic acids is 1. The second-order valence-corrected chi connectivity index (χ2v) is 14.7. The van der Waals surface area contributed by atoms with Gasteiger partial charge in [0.15, 0.2) is 0 Å². The second-order valence-electron chi connectivity index (χ2n) is 14.7. The molecule has 3 aliphatic rings. The van der Waals surface area contributed by atoms with Crippen molar-refractivity contribution in [3.05, 3.63) is 53.2 Å². The van der Waals surface area contributed by atoms with Crippen LogP contribution in [0, 0.1) is 6.92 Å². The van der Waals surface area contributed by atoms with Crippen LogP contribution in [0.25, 0.3) is 0 Å². The molecule has 12 heteroatoms. The summed E-state index contributed by atoms with van der Waals surface area (Å²) in [6.07, 6.45) is 4.43. The molecular formula is C39H65N7O5. The van der Waals surface area contributed by atoms with Gasteiger partial charge in [0.25, 0.3) is 0 Å². The van der Waals surface area contributed by atoms with Gasteiger partial charge in [-0.15, -0.1) is 0 Å². The van der Waals surface area contributed by atoms with Crippen LogP contribution in [0.5, 0.6) is 5.88 Å². The monoisotopic (exact) mass is 712 g/mol. The van der Waals surface area contributed by atoms with E-state index in [-0.39, 0.29) is 13.7 Å². The van der Waals surface area contributed by atoms with E-state index >= 15 is 0 Å². The largest absolute Gasteiger partial charge is 0.474 e. The van der Waals surface area contributed by atoms with Crippen LogP contribution in [0.15, 0.2) is 47.1 Å². The summed E-state index contributed by atoms with van der Waals surface area (Å²) < 4.78 is 11.5. The van der Waals surface area contributed by atoms with Gasteiger partial charge in [0.2, 0.25) is 5.88 Å². The van der Waals surface area contributed by atoms with Gasteiger partial charge >= 0.3 is 6.09 Å². The zero-order chi connectivity index (χ0) is 37.8. The summed E-state index contributed by atoms with van der Waals surface area (Å²) in [5.74, 6) is 0.468. The van der Waals surface area contributed by atoms with Crippen LogP contribution in [0.1, 0.15) is 88.2 Å². The smallest absolute Gasteiger partial charge is 0.415 e. The number of aromatic nitrogens is 1. The Morgan fingerprint density at radius 1 is 1.10 bits per heavy atom. The fraction of sp³-hybridized carbons (Fsp3) is 0.615. The molecule has 1 aromatic heterocycles. The number of rotatable bonds is 6. The number of nitrogens with zero attached hydrogens (tertiary/aromatic N) is 5. The van der Waals surface area contributed by atoms with Crippen LogP contribution in [0.4, 0.5) is 21.9 Å². The van der Waals surface area contributed by atoms with Gasteiger partial charge in [0.1, 0.15) is 24.1 Å². The lowest BCUT2D eigenvalue weighted by molar-refractivity contribution is -0.306. The summed E-state index contributed by atoms with van der Waals surface area (Å²) in [5, 5.41) is 14.9. The second kappa shape index (κ2) is 19.2. The number of nitrogens with one attached hydrogen (secondary N) is 2. The minimum atomic E-state index is -0.590. The van der Waals surface area contributed by atoms with Crippen molar-refractivity contribution in [2.75, 3.05) is 67.5 Å². The quantitative estimate of drug-likeness (QED) is 0.205. The van der Waals surface area contributed by atoms with Crippen molar-refractivity contribution in [3.63, 3.8) is 0 Å². The molecule has 2 fully saturated rings. The first-order chi connectivity index (χ1) is 24.2. The maximum absolute atomic E-state index is 13.1. The van der Waals surface area contributed by atoms with E-state index in [4.69, 9.17) is 19.7 Å².